The van der Waals surface area contributed by atoms with Gasteiger partial charge in [0.1, 0.15) is 0 Å². The van der Waals surface area contributed by atoms with Crippen molar-refractivity contribution in [2.75, 3.05) is 19.7 Å². The fourth-order valence-corrected chi connectivity index (χ4v) is 2.57. The molecule has 2 unspecified atom stereocenters. The highest BCUT2D eigenvalue weighted by molar-refractivity contribution is 5.57. The zero-order valence-corrected chi connectivity index (χ0v) is 10.0. The molecule has 0 saturated carbocycles. The lowest BCUT2D eigenvalue weighted by Crippen LogP contribution is -2.41. The van der Waals surface area contributed by atoms with E-state index in [1.54, 1.807) is 0 Å². The molecule has 0 amide bonds. The summed E-state index contributed by atoms with van der Waals surface area (Å²) in [5.41, 5.74) is 1.30. The van der Waals surface area contributed by atoms with E-state index in [0.29, 0.717) is 11.8 Å². The van der Waals surface area contributed by atoms with Crippen LogP contribution in [0.2, 0.25) is 0 Å². The second-order valence-electron chi connectivity index (χ2n) is 4.89. The van der Waals surface area contributed by atoms with Crippen LogP contribution in [0, 0.1) is 17.2 Å². The highest BCUT2D eigenvalue weighted by Crippen LogP contribution is 2.21. The average Bonchev–Trinajstić information content (AvgIpc) is 2.39. The molecule has 1 aromatic rings. The van der Waals surface area contributed by atoms with Crippen LogP contribution >= 0.6 is 0 Å². The standard InChI is InChI=1S/C14H20N2O/c15-7-13-6-14(11-17)10-16(9-13)8-12-4-2-1-3-5-12/h1-5,7,13-15,17H,6,8-11H2. The maximum Gasteiger partial charge on any atom is 0.0471 e. The third-order valence-corrected chi connectivity index (χ3v) is 3.39. The maximum atomic E-state index is 9.29. The Morgan fingerprint density at radius 3 is 2.71 bits per heavy atom. The Labute approximate surface area is 103 Å². The van der Waals surface area contributed by atoms with Crippen LogP contribution in [0.4, 0.5) is 0 Å². The highest BCUT2D eigenvalue weighted by atomic mass is 16.3. The molecule has 0 aliphatic carbocycles. The Hall–Kier alpha value is -1.19. The van der Waals surface area contributed by atoms with Crippen LogP contribution in [0.5, 0.6) is 0 Å². The van der Waals surface area contributed by atoms with Crippen molar-refractivity contribution < 1.29 is 5.11 Å². The fourth-order valence-electron chi connectivity index (χ4n) is 2.57. The average molecular weight is 232 g/mol. The normalized spacial score (nSPS) is 25.7. The fraction of sp³-hybridized carbons (Fsp3) is 0.500. The minimum atomic E-state index is 0.232. The van der Waals surface area contributed by atoms with Crippen molar-refractivity contribution in [3.8, 4) is 0 Å². The monoisotopic (exact) mass is 232 g/mol. The number of aliphatic hydroxyl groups is 1. The second-order valence-corrected chi connectivity index (χ2v) is 4.89. The molecule has 0 aromatic heterocycles. The summed E-state index contributed by atoms with van der Waals surface area (Å²) in [5, 5.41) is 16.7. The van der Waals surface area contributed by atoms with Gasteiger partial charge in [0.05, 0.1) is 0 Å². The molecule has 2 N–H and O–H groups in total. The summed E-state index contributed by atoms with van der Waals surface area (Å²) < 4.78 is 0. The van der Waals surface area contributed by atoms with E-state index in [4.69, 9.17) is 5.41 Å². The van der Waals surface area contributed by atoms with Crippen LogP contribution in [-0.4, -0.2) is 35.9 Å². The minimum Gasteiger partial charge on any atom is -0.396 e. The Bertz CT molecular complexity index is 352. The highest BCUT2D eigenvalue weighted by Gasteiger charge is 2.25. The van der Waals surface area contributed by atoms with Gasteiger partial charge in [-0.1, -0.05) is 30.3 Å². The van der Waals surface area contributed by atoms with Gasteiger partial charge in [-0.15, -0.1) is 0 Å². The van der Waals surface area contributed by atoms with E-state index < -0.39 is 0 Å². The van der Waals surface area contributed by atoms with Crippen molar-refractivity contribution in [3.05, 3.63) is 35.9 Å². The molecule has 1 aliphatic rings. The summed E-state index contributed by atoms with van der Waals surface area (Å²) >= 11 is 0. The first-order valence-electron chi connectivity index (χ1n) is 6.19. The molecule has 1 aromatic carbocycles. The van der Waals surface area contributed by atoms with Crippen molar-refractivity contribution >= 4 is 6.21 Å². The van der Waals surface area contributed by atoms with Gasteiger partial charge in [0.2, 0.25) is 0 Å². The Balaban J connectivity index is 1.98. The van der Waals surface area contributed by atoms with Gasteiger partial charge < -0.3 is 10.5 Å². The first-order valence-corrected chi connectivity index (χ1v) is 6.19. The predicted molar refractivity (Wildman–Crippen MR) is 69.2 cm³/mol. The molecule has 0 spiro atoms. The summed E-state index contributed by atoms with van der Waals surface area (Å²) in [5.74, 6) is 0.615. The van der Waals surface area contributed by atoms with Crippen molar-refractivity contribution in [1.82, 2.24) is 4.90 Å². The predicted octanol–water partition coefficient (Wildman–Crippen LogP) is 1.77. The number of hydrogen-bond donors (Lipinski definition) is 2. The van der Waals surface area contributed by atoms with Crippen molar-refractivity contribution in [2.24, 2.45) is 11.8 Å². The Kier molecular flexibility index (Phi) is 4.29. The summed E-state index contributed by atoms with van der Waals surface area (Å²) in [7, 11) is 0. The lowest BCUT2D eigenvalue weighted by atomic mass is 9.90. The molecule has 0 bridgehead atoms. The summed E-state index contributed by atoms with van der Waals surface area (Å²) in [4.78, 5) is 2.34. The molecular weight excluding hydrogens is 212 g/mol. The van der Waals surface area contributed by atoms with Gasteiger partial charge in [0, 0.05) is 32.2 Å². The summed E-state index contributed by atoms with van der Waals surface area (Å²) in [6.45, 7) is 3.03. The number of nitrogens with one attached hydrogen (secondary N) is 1. The molecule has 3 heteroatoms. The molecule has 2 atom stereocenters. The van der Waals surface area contributed by atoms with Crippen molar-refractivity contribution in [1.29, 1.82) is 5.41 Å². The van der Waals surface area contributed by atoms with Crippen LogP contribution in [0.1, 0.15) is 12.0 Å². The molecule has 0 radical (unpaired) electrons. The van der Waals surface area contributed by atoms with Gasteiger partial charge >= 0.3 is 0 Å². The molecule has 17 heavy (non-hydrogen) atoms. The molecule has 1 saturated heterocycles. The first-order chi connectivity index (χ1) is 8.31. The summed E-state index contributed by atoms with van der Waals surface area (Å²) in [6, 6.07) is 10.4. The molecule has 92 valence electrons. The van der Waals surface area contributed by atoms with Gasteiger partial charge in [0.15, 0.2) is 0 Å². The smallest absolute Gasteiger partial charge is 0.0471 e. The molecule has 3 nitrogen and oxygen atoms in total. The van der Waals surface area contributed by atoms with Gasteiger partial charge in [-0.2, -0.15) is 0 Å². The number of rotatable bonds is 4. The van der Waals surface area contributed by atoms with Crippen LogP contribution in [0.25, 0.3) is 0 Å². The van der Waals surface area contributed by atoms with Crippen LogP contribution in [0.3, 0.4) is 0 Å². The van der Waals surface area contributed by atoms with Gasteiger partial charge in [-0.05, 0) is 24.1 Å². The van der Waals surface area contributed by atoms with Gasteiger partial charge in [-0.3, -0.25) is 4.90 Å². The second kappa shape index (κ2) is 5.94. The quantitative estimate of drug-likeness (QED) is 0.777. The van der Waals surface area contributed by atoms with Gasteiger partial charge in [-0.25, -0.2) is 0 Å². The van der Waals surface area contributed by atoms with E-state index in [1.165, 1.54) is 11.8 Å². The third-order valence-electron chi connectivity index (χ3n) is 3.39. The Morgan fingerprint density at radius 1 is 1.29 bits per heavy atom. The zero-order chi connectivity index (χ0) is 12.1. The SMILES string of the molecule is N=CC1CC(CO)CN(Cc2ccccc2)C1. The number of benzene rings is 1. The largest absolute Gasteiger partial charge is 0.396 e. The number of likely N-dealkylation sites (tertiary alicyclic amines) is 1. The Morgan fingerprint density at radius 2 is 2.06 bits per heavy atom. The maximum absolute atomic E-state index is 9.29. The number of nitrogens with zero attached hydrogens (tertiary/aromatic N) is 1. The molecule has 1 heterocycles. The van der Waals surface area contributed by atoms with E-state index in [-0.39, 0.29) is 6.61 Å². The van der Waals surface area contributed by atoms with Crippen LogP contribution in [-0.2, 0) is 6.54 Å². The minimum absolute atomic E-state index is 0.232. The lowest BCUT2D eigenvalue weighted by Gasteiger charge is -2.35. The molecule has 1 aliphatic heterocycles. The number of aliphatic hydroxyl groups excluding tert-OH is 1. The summed E-state index contributed by atoms with van der Waals surface area (Å²) in [6.07, 6.45) is 2.48. The molecular formula is C14H20N2O. The zero-order valence-electron chi connectivity index (χ0n) is 10.0. The van der Waals surface area contributed by atoms with Crippen LogP contribution < -0.4 is 0 Å². The first kappa shape index (κ1) is 12.3. The van der Waals surface area contributed by atoms with Crippen molar-refractivity contribution in [3.63, 3.8) is 0 Å². The third kappa shape index (κ3) is 3.38. The van der Waals surface area contributed by atoms with E-state index in [9.17, 15) is 5.11 Å². The number of hydrogen-bond acceptors (Lipinski definition) is 3. The molecule has 1 fully saturated rings. The molecule has 2 rings (SSSR count). The number of piperidine rings is 1. The van der Waals surface area contributed by atoms with E-state index in [0.717, 1.165) is 26.1 Å². The van der Waals surface area contributed by atoms with Gasteiger partial charge in [0.25, 0.3) is 0 Å². The lowest BCUT2D eigenvalue weighted by molar-refractivity contribution is 0.100. The topological polar surface area (TPSA) is 47.3 Å². The van der Waals surface area contributed by atoms with E-state index in [1.807, 2.05) is 6.07 Å². The van der Waals surface area contributed by atoms with E-state index in [2.05, 4.69) is 29.2 Å². The van der Waals surface area contributed by atoms with E-state index >= 15 is 0 Å². The van der Waals surface area contributed by atoms with Crippen LogP contribution in [0.15, 0.2) is 30.3 Å². The van der Waals surface area contributed by atoms with Crippen molar-refractivity contribution in [2.45, 2.75) is 13.0 Å².